The number of fused-ring (bicyclic) bond motifs is 1. The Bertz CT molecular complexity index is 890. The molecule has 6 atom stereocenters. The van der Waals surface area contributed by atoms with Gasteiger partial charge in [-0.3, -0.25) is 4.79 Å². The van der Waals surface area contributed by atoms with Gasteiger partial charge in [-0.25, -0.2) is 0 Å². The Hall–Kier alpha value is -1.41. The first-order chi connectivity index (χ1) is 16.9. The van der Waals surface area contributed by atoms with Crippen molar-refractivity contribution in [2.75, 3.05) is 19.6 Å². The van der Waals surface area contributed by atoms with Gasteiger partial charge in [0.1, 0.15) is 0 Å². The molecule has 1 aromatic carbocycles. The number of hydrogen-bond donors (Lipinski definition) is 4. The third kappa shape index (κ3) is 4.70. The molecule has 2 aliphatic heterocycles. The first-order valence-electron chi connectivity index (χ1n) is 14.1. The van der Waals surface area contributed by atoms with Crippen molar-refractivity contribution in [3.63, 3.8) is 0 Å². The van der Waals surface area contributed by atoms with E-state index >= 15 is 0 Å². The number of nitrogens with zero attached hydrogens (tertiary/aromatic N) is 1. The van der Waals surface area contributed by atoms with E-state index in [9.17, 15) is 14.8 Å². The molecule has 2 aliphatic carbocycles. The summed E-state index contributed by atoms with van der Waals surface area (Å²) in [6, 6.07) is 8.84. The van der Waals surface area contributed by atoms with Gasteiger partial charge in [0.05, 0.1) is 5.92 Å². The van der Waals surface area contributed by atoms with Gasteiger partial charge in [-0.15, -0.1) is 0 Å². The van der Waals surface area contributed by atoms with Crippen LogP contribution in [-0.2, 0) is 11.3 Å². The van der Waals surface area contributed by atoms with Crippen molar-refractivity contribution in [1.82, 2.24) is 10.2 Å². The summed E-state index contributed by atoms with van der Waals surface area (Å²) >= 11 is 0. The second-order valence-electron chi connectivity index (χ2n) is 12.0. The Kier molecular flexibility index (Phi) is 7.60. The molecule has 1 aromatic rings. The Morgan fingerprint density at radius 1 is 1.17 bits per heavy atom. The fourth-order valence-electron chi connectivity index (χ4n) is 8.51. The molecule has 2 saturated carbocycles. The van der Waals surface area contributed by atoms with Crippen molar-refractivity contribution in [2.45, 2.75) is 89.0 Å². The second-order valence-corrected chi connectivity index (χ2v) is 12.0. The number of nitrogens with one attached hydrogen (secondary N) is 1. The SMILES string of the molecule is CC1CCC(C23CCCCC2NCC(C(=O)N2CCC(c4cccc(CN)c4)CC2)C3B(O)O)C1. The van der Waals surface area contributed by atoms with E-state index in [4.69, 9.17) is 5.73 Å². The van der Waals surface area contributed by atoms with Gasteiger partial charge in [-0.2, -0.15) is 0 Å². The van der Waals surface area contributed by atoms with Gasteiger partial charge in [-0.1, -0.05) is 50.5 Å². The van der Waals surface area contributed by atoms with Gasteiger partial charge in [0.15, 0.2) is 0 Å². The lowest BCUT2D eigenvalue weighted by atomic mass is 9.42. The lowest BCUT2D eigenvalue weighted by Gasteiger charge is -2.58. The van der Waals surface area contributed by atoms with Crippen LogP contribution < -0.4 is 11.1 Å². The Morgan fingerprint density at radius 2 is 1.97 bits per heavy atom. The minimum atomic E-state index is -1.45. The summed E-state index contributed by atoms with van der Waals surface area (Å²) in [5.41, 5.74) is 8.13. The summed E-state index contributed by atoms with van der Waals surface area (Å²) in [5, 5.41) is 25.4. The predicted octanol–water partition coefficient (Wildman–Crippen LogP) is 3.28. The van der Waals surface area contributed by atoms with E-state index in [0.29, 0.717) is 36.9 Å². The van der Waals surface area contributed by atoms with E-state index in [0.717, 1.165) is 63.6 Å². The first-order valence-corrected chi connectivity index (χ1v) is 14.1. The third-order valence-corrected chi connectivity index (χ3v) is 10.2. The smallest absolute Gasteiger partial charge is 0.427 e. The molecule has 0 spiro atoms. The summed E-state index contributed by atoms with van der Waals surface area (Å²) < 4.78 is 0. The van der Waals surface area contributed by atoms with E-state index in [1.165, 1.54) is 18.4 Å². The van der Waals surface area contributed by atoms with Crippen LogP contribution in [0.25, 0.3) is 0 Å². The van der Waals surface area contributed by atoms with Gasteiger partial charge < -0.3 is 26.0 Å². The van der Waals surface area contributed by atoms with Crippen LogP contribution in [0.2, 0.25) is 5.82 Å². The van der Waals surface area contributed by atoms with E-state index in [1.807, 2.05) is 4.90 Å². The van der Waals surface area contributed by atoms with Gasteiger partial charge in [0.2, 0.25) is 5.91 Å². The highest BCUT2D eigenvalue weighted by atomic mass is 16.4. The largest absolute Gasteiger partial charge is 0.456 e. The average Bonchev–Trinajstić information content (AvgIpc) is 3.34. The van der Waals surface area contributed by atoms with Crippen LogP contribution in [0.4, 0.5) is 0 Å². The molecule has 6 unspecified atom stereocenters. The minimum Gasteiger partial charge on any atom is -0.427 e. The van der Waals surface area contributed by atoms with Crippen molar-refractivity contribution in [2.24, 2.45) is 28.9 Å². The standard InChI is InChI=1S/C28H44BN3O3/c1-19-8-9-23(15-19)28-12-3-2-7-25(28)31-18-24(26(28)29(34)35)27(33)32-13-10-21(11-14-32)22-6-4-5-20(16-22)17-30/h4-6,16,19,21,23-26,31,34-35H,2-3,7-15,17-18,30H2,1H3. The number of piperidine rings is 2. The molecule has 4 fully saturated rings. The molecule has 0 aromatic heterocycles. The van der Waals surface area contributed by atoms with Crippen LogP contribution in [0.1, 0.15) is 81.8 Å². The first kappa shape index (κ1) is 25.3. The third-order valence-electron chi connectivity index (χ3n) is 10.2. The molecule has 0 radical (unpaired) electrons. The number of hydrogen-bond acceptors (Lipinski definition) is 5. The normalized spacial score (nSPS) is 36.1. The van der Waals surface area contributed by atoms with Crippen LogP contribution in [0, 0.1) is 23.2 Å². The Labute approximate surface area is 211 Å². The van der Waals surface area contributed by atoms with Crippen LogP contribution in [0.3, 0.4) is 0 Å². The van der Waals surface area contributed by atoms with Gasteiger partial charge >= 0.3 is 7.12 Å². The molecule has 5 N–H and O–H groups in total. The predicted molar refractivity (Wildman–Crippen MR) is 140 cm³/mol. The van der Waals surface area contributed by atoms with Crippen molar-refractivity contribution in [1.29, 1.82) is 0 Å². The van der Waals surface area contributed by atoms with Crippen molar-refractivity contribution in [3.05, 3.63) is 35.4 Å². The fraction of sp³-hybridized carbons (Fsp3) is 0.750. The van der Waals surface area contributed by atoms with Gasteiger partial charge in [0.25, 0.3) is 0 Å². The van der Waals surface area contributed by atoms with Gasteiger partial charge in [0, 0.05) is 38.0 Å². The molecule has 35 heavy (non-hydrogen) atoms. The van der Waals surface area contributed by atoms with Crippen molar-refractivity contribution < 1.29 is 14.8 Å². The highest BCUT2D eigenvalue weighted by Gasteiger charge is 2.61. The zero-order valence-electron chi connectivity index (χ0n) is 21.4. The minimum absolute atomic E-state index is 0.124. The molecular weight excluding hydrogens is 437 g/mol. The number of amides is 1. The van der Waals surface area contributed by atoms with Crippen LogP contribution >= 0.6 is 0 Å². The Balaban J connectivity index is 1.34. The number of rotatable bonds is 5. The monoisotopic (exact) mass is 481 g/mol. The van der Waals surface area contributed by atoms with Crippen molar-refractivity contribution >= 4 is 13.0 Å². The number of benzene rings is 1. The maximum atomic E-state index is 14.0. The molecule has 192 valence electrons. The van der Waals surface area contributed by atoms with Gasteiger partial charge in [-0.05, 0) is 72.8 Å². The maximum absolute atomic E-state index is 14.0. The van der Waals surface area contributed by atoms with E-state index in [1.54, 1.807) is 0 Å². The van der Waals surface area contributed by atoms with Crippen LogP contribution in [0.5, 0.6) is 0 Å². The maximum Gasteiger partial charge on any atom is 0.456 e. The number of nitrogens with two attached hydrogens (primary N) is 1. The molecule has 0 bridgehead atoms. The highest BCUT2D eigenvalue weighted by Crippen LogP contribution is 2.61. The summed E-state index contributed by atoms with van der Waals surface area (Å²) in [7, 11) is -1.45. The Morgan fingerprint density at radius 3 is 2.66 bits per heavy atom. The zero-order valence-corrected chi connectivity index (χ0v) is 21.4. The fourth-order valence-corrected chi connectivity index (χ4v) is 8.51. The van der Waals surface area contributed by atoms with E-state index in [2.05, 4.69) is 36.5 Å². The lowest BCUT2D eigenvalue weighted by Crippen LogP contribution is -2.65. The summed E-state index contributed by atoms with van der Waals surface area (Å²) in [5.74, 6) is 0.982. The topological polar surface area (TPSA) is 98.8 Å². The molecular formula is C28H44BN3O3. The van der Waals surface area contributed by atoms with E-state index < -0.39 is 7.12 Å². The summed E-state index contributed by atoms with van der Waals surface area (Å²) in [6.07, 6.45) is 9.81. The zero-order chi connectivity index (χ0) is 24.6. The molecule has 6 nitrogen and oxygen atoms in total. The molecule has 2 saturated heterocycles. The second kappa shape index (κ2) is 10.5. The van der Waals surface area contributed by atoms with E-state index in [-0.39, 0.29) is 23.1 Å². The molecule has 1 amide bonds. The number of carbonyl (C=O) groups excluding carboxylic acids is 1. The quantitative estimate of drug-likeness (QED) is 0.484. The molecule has 7 heteroatoms. The number of likely N-dealkylation sites (tertiary alicyclic amines) is 1. The highest BCUT2D eigenvalue weighted by molar-refractivity contribution is 6.44. The summed E-state index contributed by atoms with van der Waals surface area (Å²) in [6.45, 7) is 4.91. The number of carbonyl (C=O) groups is 1. The summed E-state index contributed by atoms with van der Waals surface area (Å²) in [4.78, 5) is 16.0. The van der Waals surface area contributed by atoms with Crippen molar-refractivity contribution in [3.8, 4) is 0 Å². The van der Waals surface area contributed by atoms with Crippen LogP contribution in [-0.4, -0.2) is 53.6 Å². The average molecular weight is 481 g/mol. The van der Waals surface area contributed by atoms with Crippen LogP contribution in [0.15, 0.2) is 24.3 Å². The molecule has 4 aliphatic rings. The molecule has 5 rings (SSSR count). The molecule has 2 heterocycles. The lowest BCUT2D eigenvalue weighted by molar-refractivity contribution is -0.141.